The summed E-state index contributed by atoms with van der Waals surface area (Å²) in [6.07, 6.45) is 1.72. The van der Waals surface area contributed by atoms with Gasteiger partial charge in [0.1, 0.15) is 6.04 Å². The van der Waals surface area contributed by atoms with E-state index in [4.69, 9.17) is 5.11 Å². The standard InChI is InChI=1S/C11H14N2O3S/c1-7-3-4-10(12-5-7)17-6-9(11(15)16)13-8(2)14/h3-5,9H,6H2,1-2H3,(H,13,14)(H,15,16)/t9-/m0/s1. The second-order valence-corrected chi connectivity index (χ2v) is 4.62. The van der Waals surface area contributed by atoms with Crippen LogP contribution in [0.4, 0.5) is 0 Å². The third-order valence-corrected chi connectivity index (χ3v) is 2.99. The molecule has 0 aromatic carbocycles. The molecule has 0 saturated heterocycles. The molecule has 1 rings (SSSR count). The lowest BCUT2D eigenvalue weighted by Gasteiger charge is -2.12. The molecular formula is C11H14N2O3S. The van der Waals surface area contributed by atoms with Gasteiger partial charge < -0.3 is 10.4 Å². The van der Waals surface area contributed by atoms with Crippen LogP contribution in [0.5, 0.6) is 0 Å². The molecule has 0 aliphatic carbocycles. The zero-order valence-electron chi connectivity index (χ0n) is 9.64. The maximum absolute atomic E-state index is 10.9. The fourth-order valence-electron chi connectivity index (χ4n) is 1.13. The van der Waals surface area contributed by atoms with Gasteiger partial charge >= 0.3 is 5.97 Å². The van der Waals surface area contributed by atoms with E-state index in [9.17, 15) is 9.59 Å². The van der Waals surface area contributed by atoms with E-state index in [0.717, 1.165) is 10.6 Å². The van der Waals surface area contributed by atoms with E-state index in [0.29, 0.717) is 0 Å². The molecule has 1 heterocycles. The molecule has 0 aliphatic rings. The van der Waals surface area contributed by atoms with Gasteiger partial charge in [0.25, 0.3) is 0 Å². The Bertz CT molecular complexity index is 406. The van der Waals surface area contributed by atoms with Crippen LogP contribution in [0.2, 0.25) is 0 Å². The predicted octanol–water partition coefficient (Wildman–Crippen LogP) is 1.07. The van der Waals surface area contributed by atoms with E-state index in [2.05, 4.69) is 10.3 Å². The van der Waals surface area contributed by atoms with Crippen LogP contribution in [0.1, 0.15) is 12.5 Å². The Labute approximate surface area is 104 Å². The van der Waals surface area contributed by atoms with E-state index in [1.165, 1.54) is 18.7 Å². The number of carbonyl (C=O) groups is 2. The van der Waals surface area contributed by atoms with E-state index in [-0.39, 0.29) is 11.7 Å². The van der Waals surface area contributed by atoms with Crippen molar-refractivity contribution in [2.75, 3.05) is 5.75 Å². The minimum atomic E-state index is -1.04. The first-order valence-electron chi connectivity index (χ1n) is 5.04. The largest absolute Gasteiger partial charge is 0.480 e. The molecule has 1 aromatic rings. The predicted molar refractivity (Wildman–Crippen MR) is 64.9 cm³/mol. The zero-order chi connectivity index (χ0) is 12.8. The van der Waals surface area contributed by atoms with Crippen molar-refractivity contribution in [3.8, 4) is 0 Å². The van der Waals surface area contributed by atoms with Crippen LogP contribution in [0.25, 0.3) is 0 Å². The van der Waals surface area contributed by atoms with Crippen molar-refractivity contribution in [1.82, 2.24) is 10.3 Å². The van der Waals surface area contributed by atoms with Crippen molar-refractivity contribution in [3.63, 3.8) is 0 Å². The summed E-state index contributed by atoms with van der Waals surface area (Å²) in [5.41, 5.74) is 1.05. The summed E-state index contributed by atoms with van der Waals surface area (Å²) in [6, 6.07) is 2.84. The summed E-state index contributed by atoms with van der Waals surface area (Å²) in [7, 11) is 0. The molecular weight excluding hydrogens is 240 g/mol. The van der Waals surface area contributed by atoms with Crippen molar-refractivity contribution >= 4 is 23.6 Å². The summed E-state index contributed by atoms with van der Waals surface area (Å²) in [4.78, 5) is 25.8. The van der Waals surface area contributed by atoms with Crippen molar-refractivity contribution < 1.29 is 14.7 Å². The number of aromatic nitrogens is 1. The number of nitrogens with one attached hydrogen (secondary N) is 1. The SMILES string of the molecule is CC(=O)N[C@@H](CSc1ccc(C)cn1)C(=O)O. The van der Waals surface area contributed by atoms with E-state index >= 15 is 0 Å². The maximum Gasteiger partial charge on any atom is 0.327 e. The summed E-state index contributed by atoms with van der Waals surface area (Å²) in [5, 5.41) is 12.0. The van der Waals surface area contributed by atoms with E-state index in [1.807, 2.05) is 19.1 Å². The van der Waals surface area contributed by atoms with Crippen molar-refractivity contribution in [2.45, 2.75) is 24.9 Å². The maximum atomic E-state index is 10.9. The molecule has 1 atom stereocenters. The highest BCUT2D eigenvalue weighted by Gasteiger charge is 2.18. The first-order chi connectivity index (χ1) is 7.99. The number of nitrogens with zero attached hydrogens (tertiary/aromatic N) is 1. The fourth-order valence-corrected chi connectivity index (χ4v) is 1.98. The lowest BCUT2D eigenvalue weighted by molar-refractivity contribution is -0.140. The number of pyridine rings is 1. The van der Waals surface area contributed by atoms with Crippen molar-refractivity contribution in [1.29, 1.82) is 0 Å². The number of aryl methyl sites for hydroxylation is 1. The highest BCUT2D eigenvalue weighted by Crippen LogP contribution is 2.16. The Morgan fingerprint density at radius 1 is 1.53 bits per heavy atom. The van der Waals surface area contributed by atoms with Crippen LogP contribution in [0.3, 0.4) is 0 Å². The number of carboxylic acids is 1. The highest BCUT2D eigenvalue weighted by atomic mass is 32.2. The van der Waals surface area contributed by atoms with Gasteiger partial charge in [0.2, 0.25) is 5.91 Å². The molecule has 6 heteroatoms. The number of aliphatic carboxylic acids is 1. The summed E-state index contributed by atoms with van der Waals surface area (Å²) in [5.74, 6) is -1.14. The smallest absolute Gasteiger partial charge is 0.327 e. The second-order valence-electron chi connectivity index (χ2n) is 3.58. The molecule has 1 aromatic heterocycles. The molecule has 0 bridgehead atoms. The van der Waals surface area contributed by atoms with Gasteiger partial charge in [-0.2, -0.15) is 0 Å². The minimum Gasteiger partial charge on any atom is -0.480 e. The molecule has 5 nitrogen and oxygen atoms in total. The molecule has 0 spiro atoms. The lowest BCUT2D eigenvalue weighted by atomic mass is 10.3. The van der Waals surface area contributed by atoms with Gasteiger partial charge in [-0.05, 0) is 18.6 Å². The number of rotatable bonds is 5. The van der Waals surface area contributed by atoms with Crippen LogP contribution in [-0.4, -0.2) is 33.8 Å². The summed E-state index contributed by atoms with van der Waals surface area (Å²) < 4.78 is 0. The minimum absolute atomic E-state index is 0.255. The zero-order valence-corrected chi connectivity index (χ0v) is 10.5. The third-order valence-electron chi connectivity index (χ3n) is 1.96. The van der Waals surface area contributed by atoms with Crippen LogP contribution in [0, 0.1) is 6.92 Å². The van der Waals surface area contributed by atoms with E-state index in [1.54, 1.807) is 6.20 Å². The second kappa shape index (κ2) is 6.24. The Morgan fingerprint density at radius 3 is 2.71 bits per heavy atom. The Balaban J connectivity index is 2.54. The van der Waals surface area contributed by atoms with Gasteiger partial charge in [-0.25, -0.2) is 9.78 Å². The Morgan fingerprint density at radius 2 is 2.24 bits per heavy atom. The quantitative estimate of drug-likeness (QED) is 0.768. The lowest BCUT2D eigenvalue weighted by Crippen LogP contribution is -2.41. The van der Waals surface area contributed by atoms with Crippen LogP contribution in [0.15, 0.2) is 23.4 Å². The highest BCUT2D eigenvalue weighted by molar-refractivity contribution is 7.99. The molecule has 2 N–H and O–H groups in total. The first-order valence-corrected chi connectivity index (χ1v) is 6.03. The van der Waals surface area contributed by atoms with Gasteiger partial charge in [-0.15, -0.1) is 11.8 Å². The average molecular weight is 254 g/mol. The van der Waals surface area contributed by atoms with Crippen molar-refractivity contribution in [2.24, 2.45) is 0 Å². The number of hydrogen-bond donors (Lipinski definition) is 2. The fraction of sp³-hybridized carbons (Fsp3) is 0.364. The summed E-state index contributed by atoms with van der Waals surface area (Å²) >= 11 is 1.30. The molecule has 0 fully saturated rings. The normalized spacial score (nSPS) is 11.9. The number of hydrogen-bond acceptors (Lipinski definition) is 4. The third kappa shape index (κ3) is 4.86. The molecule has 1 amide bonds. The monoisotopic (exact) mass is 254 g/mol. The van der Waals surface area contributed by atoms with Gasteiger partial charge in [0.15, 0.2) is 0 Å². The van der Waals surface area contributed by atoms with Gasteiger partial charge in [0.05, 0.1) is 5.03 Å². The van der Waals surface area contributed by atoms with Crippen LogP contribution >= 0.6 is 11.8 Å². The average Bonchev–Trinajstić information content (AvgIpc) is 2.25. The van der Waals surface area contributed by atoms with Gasteiger partial charge in [-0.1, -0.05) is 6.07 Å². The first kappa shape index (κ1) is 13.5. The van der Waals surface area contributed by atoms with E-state index < -0.39 is 12.0 Å². The number of carboxylic acid groups (broad SMARTS) is 1. The Kier molecular flexibility index (Phi) is 4.96. The van der Waals surface area contributed by atoms with Gasteiger partial charge in [-0.3, -0.25) is 4.79 Å². The summed E-state index contributed by atoms with van der Waals surface area (Å²) in [6.45, 7) is 3.23. The Hall–Kier alpha value is -1.56. The van der Waals surface area contributed by atoms with Crippen LogP contribution in [-0.2, 0) is 9.59 Å². The molecule has 0 saturated carbocycles. The van der Waals surface area contributed by atoms with Crippen LogP contribution < -0.4 is 5.32 Å². The molecule has 0 aliphatic heterocycles. The number of amides is 1. The topological polar surface area (TPSA) is 79.3 Å². The van der Waals surface area contributed by atoms with Gasteiger partial charge in [0, 0.05) is 18.9 Å². The number of thioether (sulfide) groups is 1. The van der Waals surface area contributed by atoms with Crippen molar-refractivity contribution in [3.05, 3.63) is 23.9 Å². The molecule has 0 radical (unpaired) electrons. The molecule has 0 unspecified atom stereocenters. The molecule has 92 valence electrons. The number of carbonyl (C=O) groups excluding carboxylic acids is 1. The molecule has 17 heavy (non-hydrogen) atoms.